The van der Waals surface area contributed by atoms with E-state index in [0.717, 1.165) is 22.6 Å². The molecular formula is C15H16FNO. The lowest BCUT2D eigenvalue weighted by molar-refractivity contribution is 0.476. The molecule has 0 aliphatic heterocycles. The van der Waals surface area contributed by atoms with Gasteiger partial charge in [0.25, 0.3) is 0 Å². The van der Waals surface area contributed by atoms with Crippen LogP contribution in [0.25, 0.3) is 0 Å². The first kappa shape index (κ1) is 12.4. The molecule has 2 N–H and O–H groups in total. The number of rotatable bonds is 2. The van der Waals surface area contributed by atoms with Crippen LogP contribution in [0.4, 0.5) is 10.1 Å². The van der Waals surface area contributed by atoms with Crippen LogP contribution >= 0.6 is 0 Å². The van der Waals surface area contributed by atoms with Gasteiger partial charge in [0.05, 0.1) is 0 Å². The molecule has 0 aliphatic rings. The summed E-state index contributed by atoms with van der Waals surface area (Å²) in [4.78, 5) is 0. The van der Waals surface area contributed by atoms with E-state index in [1.807, 2.05) is 26.0 Å². The largest absolute Gasteiger partial charge is 0.457 e. The Bertz CT molecular complexity index is 593. The van der Waals surface area contributed by atoms with Crippen molar-refractivity contribution in [2.75, 3.05) is 5.73 Å². The van der Waals surface area contributed by atoms with Crippen molar-refractivity contribution in [3.63, 3.8) is 0 Å². The van der Waals surface area contributed by atoms with Crippen LogP contribution in [-0.2, 0) is 0 Å². The first-order chi connectivity index (χ1) is 8.47. The third-order valence-corrected chi connectivity index (χ3v) is 2.92. The maximum absolute atomic E-state index is 13.2. The van der Waals surface area contributed by atoms with Crippen molar-refractivity contribution in [3.8, 4) is 11.5 Å². The molecule has 2 nitrogen and oxygen atoms in total. The number of nitrogens with two attached hydrogens (primary N) is 1. The smallest absolute Gasteiger partial charge is 0.130 e. The molecule has 94 valence electrons. The summed E-state index contributed by atoms with van der Waals surface area (Å²) in [6, 6.07) is 8.47. The number of hydrogen-bond acceptors (Lipinski definition) is 2. The number of nitrogen functional groups attached to an aromatic ring is 1. The van der Waals surface area contributed by atoms with E-state index >= 15 is 0 Å². The summed E-state index contributed by atoms with van der Waals surface area (Å²) in [5.74, 6) is 1.14. The minimum atomic E-state index is -0.229. The van der Waals surface area contributed by atoms with Crippen molar-refractivity contribution in [2.24, 2.45) is 0 Å². The highest BCUT2D eigenvalue weighted by Crippen LogP contribution is 2.29. The molecule has 3 heteroatoms. The van der Waals surface area contributed by atoms with E-state index in [1.165, 1.54) is 6.07 Å². The van der Waals surface area contributed by atoms with Crippen LogP contribution in [-0.4, -0.2) is 0 Å². The Morgan fingerprint density at radius 3 is 2.33 bits per heavy atom. The molecule has 18 heavy (non-hydrogen) atoms. The Morgan fingerprint density at radius 1 is 0.944 bits per heavy atom. The average molecular weight is 245 g/mol. The van der Waals surface area contributed by atoms with E-state index in [1.54, 1.807) is 19.1 Å². The Labute approximate surface area is 106 Å². The number of halogens is 1. The minimum Gasteiger partial charge on any atom is -0.457 e. The van der Waals surface area contributed by atoms with Crippen LogP contribution in [0.15, 0.2) is 30.3 Å². The minimum absolute atomic E-state index is 0.229. The molecule has 0 amide bonds. The fourth-order valence-electron chi connectivity index (χ4n) is 1.73. The van der Waals surface area contributed by atoms with Gasteiger partial charge in [-0.25, -0.2) is 4.39 Å². The van der Waals surface area contributed by atoms with Crippen molar-refractivity contribution in [3.05, 3.63) is 52.8 Å². The maximum atomic E-state index is 13.2. The number of ether oxygens (including phenoxy) is 1. The standard InChI is InChI=1S/C15H16FNO/c1-9-6-12(4-5-13(9)16)18-15-8-10(2)14(17)7-11(15)3/h4-8H,17H2,1-3H3. The number of hydrogen-bond donors (Lipinski definition) is 1. The molecule has 0 saturated carbocycles. The summed E-state index contributed by atoms with van der Waals surface area (Å²) in [5.41, 5.74) is 9.06. The van der Waals surface area contributed by atoms with Gasteiger partial charge >= 0.3 is 0 Å². The molecule has 2 aromatic carbocycles. The molecular weight excluding hydrogens is 229 g/mol. The molecule has 0 aliphatic carbocycles. The second kappa shape index (κ2) is 4.69. The topological polar surface area (TPSA) is 35.2 Å². The molecule has 0 saturated heterocycles. The van der Waals surface area contributed by atoms with Crippen LogP contribution in [0.5, 0.6) is 11.5 Å². The zero-order chi connectivity index (χ0) is 13.3. The zero-order valence-electron chi connectivity index (χ0n) is 10.8. The Balaban J connectivity index is 2.34. The highest BCUT2D eigenvalue weighted by Gasteiger charge is 2.06. The molecule has 0 aromatic heterocycles. The first-order valence-electron chi connectivity index (χ1n) is 5.78. The molecule has 0 fully saturated rings. The van der Waals surface area contributed by atoms with Gasteiger partial charge in [0, 0.05) is 5.69 Å². The Morgan fingerprint density at radius 2 is 1.67 bits per heavy atom. The summed E-state index contributed by atoms with van der Waals surface area (Å²) in [5, 5.41) is 0. The van der Waals surface area contributed by atoms with E-state index in [9.17, 15) is 4.39 Å². The quantitative estimate of drug-likeness (QED) is 0.807. The van der Waals surface area contributed by atoms with Crippen molar-refractivity contribution in [1.29, 1.82) is 0 Å². The number of aryl methyl sites for hydroxylation is 3. The molecule has 2 rings (SSSR count). The second-order valence-corrected chi connectivity index (χ2v) is 4.49. The molecule has 0 unspecified atom stereocenters. The van der Waals surface area contributed by atoms with E-state index in [2.05, 4.69) is 0 Å². The summed E-state index contributed by atoms with van der Waals surface area (Å²) in [6.45, 7) is 5.57. The SMILES string of the molecule is Cc1cc(Oc2ccc(F)c(C)c2)c(C)cc1N. The summed E-state index contributed by atoms with van der Waals surface area (Å²) in [7, 11) is 0. The van der Waals surface area contributed by atoms with E-state index in [0.29, 0.717) is 11.3 Å². The van der Waals surface area contributed by atoms with Gasteiger partial charge in [-0.05, 0) is 67.8 Å². The fraction of sp³-hybridized carbons (Fsp3) is 0.200. The summed E-state index contributed by atoms with van der Waals surface area (Å²) >= 11 is 0. The molecule has 0 spiro atoms. The number of anilines is 1. The average Bonchev–Trinajstić information content (AvgIpc) is 2.31. The predicted molar refractivity (Wildman–Crippen MR) is 71.5 cm³/mol. The Hall–Kier alpha value is -2.03. The van der Waals surface area contributed by atoms with E-state index < -0.39 is 0 Å². The third kappa shape index (κ3) is 2.45. The van der Waals surface area contributed by atoms with Gasteiger partial charge in [0.15, 0.2) is 0 Å². The summed E-state index contributed by atoms with van der Waals surface area (Å²) < 4.78 is 18.9. The van der Waals surface area contributed by atoms with Gasteiger partial charge in [-0.3, -0.25) is 0 Å². The predicted octanol–water partition coefficient (Wildman–Crippen LogP) is 4.13. The normalized spacial score (nSPS) is 10.4. The fourth-order valence-corrected chi connectivity index (χ4v) is 1.73. The van der Waals surface area contributed by atoms with Gasteiger partial charge in [0.2, 0.25) is 0 Å². The van der Waals surface area contributed by atoms with Crippen LogP contribution in [0.2, 0.25) is 0 Å². The first-order valence-corrected chi connectivity index (χ1v) is 5.78. The molecule has 0 bridgehead atoms. The molecule has 0 atom stereocenters. The molecule has 0 radical (unpaired) electrons. The second-order valence-electron chi connectivity index (χ2n) is 4.49. The van der Waals surface area contributed by atoms with Gasteiger partial charge in [-0.15, -0.1) is 0 Å². The molecule has 2 aromatic rings. The van der Waals surface area contributed by atoms with Gasteiger partial charge in [-0.1, -0.05) is 0 Å². The number of benzene rings is 2. The monoisotopic (exact) mass is 245 g/mol. The highest BCUT2D eigenvalue weighted by molar-refractivity contribution is 5.54. The van der Waals surface area contributed by atoms with Crippen LogP contribution in [0.1, 0.15) is 16.7 Å². The lowest BCUT2D eigenvalue weighted by Gasteiger charge is -2.12. The van der Waals surface area contributed by atoms with Gasteiger partial charge in [0.1, 0.15) is 17.3 Å². The van der Waals surface area contributed by atoms with Crippen molar-refractivity contribution in [2.45, 2.75) is 20.8 Å². The molecule has 0 heterocycles. The lowest BCUT2D eigenvalue weighted by Crippen LogP contribution is -1.94. The van der Waals surface area contributed by atoms with Gasteiger partial charge in [-0.2, -0.15) is 0 Å². The van der Waals surface area contributed by atoms with Gasteiger partial charge < -0.3 is 10.5 Å². The van der Waals surface area contributed by atoms with Crippen molar-refractivity contribution in [1.82, 2.24) is 0 Å². The van der Waals surface area contributed by atoms with Crippen LogP contribution in [0, 0.1) is 26.6 Å². The lowest BCUT2D eigenvalue weighted by atomic mass is 10.1. The van der Waals surface area contributed by atoms with Crippen LogP contribution in [0.3, 0.4) is 0 Å². The van der Waals surface area contributed by atoms with Crippen LogP contribution < -0.4 is 10.5 Å². The maximum Gasteiger partial charge on any atom is 0.130 e. The van der Waals surface area contributed by atoms with E-state index in [-0.39, 0.29) is 5.82 Å². The zero-order valence-corrected chi connectivity index (χ0v) is 10.8. The Kier molecular flexibility index (Phi) is 3.24. The van der Waals surface area contributed by atoms with Crippen molar-refractivity contribution >= 4 is 5.69 Å². The summed E-state index contributed by atoms with van der Waals surface area (Å²) in [6.07, 6.45) is 0. The van der Waals surface area contributed by atoms with E-state index in [4.69, 9.17) is 10.5 Å². The third-order valence-electron chi connectivity index (χ3n) is 2.92. The van der Waals surface area contributed by atoms with Crippen molar-refractivity contribution < 1.29 is 9.13 Å². The highest BCUT2D eigenvalue weighted by atomic mass is 19.1.